The lowest BCUT2D eigenvalue weighted by Crippen LogP contribution is -2.38. The third-order valence-corrected chi connectivity index (χ3v) is 5.33. The molecule has 3 rings (SSSR count). The number of aromatic nitrogens is 2. The van der Waals surface area contributed by atoms with Crippen LogP contribution in [0.3, 0.4) is 0 Å². The van der Waals surface area contributed by atoms with E-state index in [1.807, 2.05) is 57.2 Å². The summed E-state index contributed by atoms with van der Waals surface area (Å²) >= 11 is 0. The maximum atomic E-state index is 13.3. The molecule has 0 bridgehead atoms. The molecule has 1 N–H and O–H groups in total. The van der Waals surface area contributed by atoms with E-state index in [0.29, 0.717) is 17.3 Å². The smallest absolute Gasteiger partial charge is 0.258 e. The van der Waals surface area contributed by atoms with Gasteiger partial charge in [-0.25, -0.2) is 13.4 Å². The summed E-state index contributed by atoms with van der Waals surface area (Å²) in [6, 6.07) is 17.3. The highest BCUT2D eigenvalue weighted by Crippen LogP contribution is 2.26. The zero-order chi connectivity index (χ0) is 25.5. The number of benzene rings is 2. The summed E-state index contributed by atoms with van der Waals surface area (Å²) in [6.45, 7) is 5.89. The monoisotopic (exact) mass is 495 g/mol. The van der Waals surface area contributed by atoms with Gasteiger partial charge < -0.3 is 14.8 Å². The molecule has 2 aromatic carbocycles. The largest absolute Gasteiger partial charge is 0.491 e. The molecule has 0 aliphatic heterocycles. The maximum absolute atomic E-state index is 13.3. The Balaban J connectivity index is 1.88. The maximum Gasteiger partial charge on any atom is 0.258 e. The van der Waals surface area contributed by atoms with Crippen LogP contribution >= 0.6 is 0 Å². The molecule has 184 valence electrons. The number of ether oxygens (including phenoxy) is 2. The van der Waals surface area contributed by atoms with Crippen LogP contribution in [0.1, 0.15) is 37.0 Å². The van der Waals surface area contributed by atoms with E-state index in [-0.39, 0.29) is 23.5 Å². The van der Waals surface area contributed by atoms with Crippen molar-refractivity contribution in [1.29, 1.82) is 0 Å². The van der Waals surface area contributed by atoms with Crippen molar-refractivity contribution in [2.75, 3.05) is 12.9 Å². The van der Waals surface area contributed by atoms with Crippen molar-refractivity contribution in [2.24, 2.45) is 0 Å². The van der Waals surface area contributed by atoms with Gasteiger partial charge in [-0.2, -0.15) is 4.98 Å². The highest BCUT2D eigenvalue weighted by atomic mass is 32.2. The van der Waals surface area contributed by atoms with Gasteiger partial charge in [-0.05, 0) is 30.3 Å². The molecule has 0 aliphatic carbocycles. The van der Waals surface area contributed by atoms with Crippen molar-refractivity contribution in [1.82, 2.24) is 15.3 Å². The van der Waals surface area contributed by atoms with E-state index in [0.717, 1.165) is 11.7 Å². The van der Waals surface area contributed by atoms with Crippen molar-refractivity contribution in [2.45, 2.75) is 32.2 Å². The van der Waals surface area contributed by atoms with Crippen LogP contribution in [0.25, 0.3) is 0 Å². The summed E-state index contributed by atoms with van der Waals surface area (Å²) in [5.41, 5.74) is -0.256. The fourth-order valence-corrected chi connectivity index (χ4v) is 3.37. The molecule has 0 aliphatic rings. The third kappa shape index (κ3) is 8.22. The second kappa shape index (κ2) is 11.1. The summed E-state index contributed by atoms with van der Waals surface area (Å²) in [5.74, 6) is 1.19. The minimum Gasteiger partial charge on any atom is -0.491 e. The lowest BCUT2D eigenvalue weighted by molar-refractivity contribution is 0.0929. The molecule has 8 nitrogen and oxygen atoms in total. The Bertz CT molecular complexity index is 1270. The average Bonchev–Trinajstić information content (AvgIpc) is 2.81. The number of carbonyl (C=O) groups is 1. The van der Waals surface area contributed by atoms with Crippen molar-refractivity contribution in [3.05, 3.63) is 89.7 Å². The Morgan fingerprint density at radius 3 is 2.20 bits per heavy atom. The zero-order valence-electron chi connectivity index (χ0n) is 20.1. The Morgan fingerprint density at radius 2 is 1.63 bits per heavy atom. The van der Waals surface area contributed by atoms with Crippen LogP contribution < -0.4 is 14.8 Å². The van der Waals surface area contributed by atoms with Gasteiger partial charge in [-0.15, -0.1) is 0 Å². The summed E-state index contributed by atoms with van der Waals surface area (Å²) in [5, 5.41) is 3.82. The van der Waals surface area contributed by atoms with Crippen LogP contribution in [-0.2, 0) is 15.3 Å². The molecule has 1 amide bonds. The number of sulfone groups is 1. The molecular weight excluding hydrogens is 466 g/mol. The molecule has 1 heterocycles. The summed E-state index contributed by atoms with van der Waals surface area (Å²) in [4.78, 5) is 22.1. The standard InChI is InChI=1S/C26H29N3O5S/c1-26(2,3)25-27-17-22(24(29-25)34-21-13-9-6-10-14-21)23(30)28-19(15-16-35(4,31)32)18-33-20-11-7-5-8-12-20/h5-17,19H,18H2,1-4H3,(H,28,30). The highest BCUT2D eigenvalue weighted by Gasteiger charge is 2.24. The lowest BCUT2D eigenvalue weighted by Gasteiger charge is -2.20. The van der Waals surface area contributed by atoms with Crippen molar-refractivity contribution in [3.63, 3.8) is 0 Å². The number of hydrogen-bond donors (Lipinski definition) is 1. The summed E-state index contributed by atoms with van der Waals surface area (Å²) in [7, 11) is -3.41. The average molecular weight is 496 g/mol. The third-order valence-electron chi connectivity index (χ3n) is 4.67. The molecule has 1 unspecified atom stereocenters. The molecular formula is C26H29N3O5S. The molecule has 3 aromatic rings. The van der Waals surface area contributed by atoms with Gasteiger partial charge in [0.15, 0.2) is 9.84 Å². The normalized spacial score (nSPS) is 12.8. The first-order valence-corrected chi connectivity index (χ1v) is 12.9. The molecule has 0 saturated heterocycles. The van der Waals surface area contributed by atoms with Crippen LogP contribution in [0.5, 0.6) is 17.4 Å². The number of rotatable bonds is 9. The Labute approximate surface area is 206 Å². The van der Waals surface area contributed by atoms with Crippen LogP contribution in [0.15, 0.2) is 78.3 Å². The van der Waals surface area contributed by atoms with Crippen LogP contribution in [0, 0.1) is 0 Å². The number of carbonyl (C=O) groups excluding carboxylic acids is 1. The van der Waals surface area contributed by atoms with Gasteiger partial charge in [0, 0.05) is 23.3 Å². The van der Waals surface area contributed by atoms with Crippen LogP contribution in [-0.4, -0.2) is 43.2 Å². The predicted octanol–water partition coefficient (Wildman–Crippen LogP) is 4.30. The number of para-hydroxylation sites is 2. The Morgan fingerprint density at radius 1 is 1.03 bits per heavy atom. The van der Waals surface area contributed by atoms with Gasteiger partial charge in [0.2, 0.25) is 5.88 Å². The van der Waals surface area contributed by atoms with E-state index in [9.17, 15) is 13.2 Å². The quantitative estimate of drug-likeness (QED) is 0.471. The van der Waals surface area contributed by atoms with Gasteiger partial charge in [0.1, 0.15) is 29.5 Å². The molecule has 9 heteroatoms. The van der Waals surface area contributed by atoms with E-state index in [4.69, 9.17) is 9.47 Å². The molecule has 0 radical (unpaired) electrons. The van der Waals surface area contributed by atoms with E-state index >= 15 is 0 Å². The summed E-state index contributed by atoms with van der Waals surface area (Å²) in [6.07, 6.45) is 3.86. The van der Waals surface area contributed by atoms with Gasteiger partial charge >= 0.3 is 0 Å². The van der Waals surface area contributed by atoms with E-state index in [1.165, 1.54) is 12.3 Å². The first-order chi connectivity index (χ1) is 16.5. The van der Waals surface area contributed by atoms with Crippen LogP contribution in [0.2, 0.25) is 0 Å². The number of hydrogen-bond acceptors (Lipinski definition) is 7. The van der Waals surface area contributed by atoms with Gasteiger partial charge in [0.25, 0.3) is 5.91 Å². The zero-order valence-corrected chi connectivity index (χ0v) is 21.0. The van der Waals surface area contributed by atoms with Gasteiger partial charge in [-0.3, -0.25) is 4.79 Å². The SMILES string of the molecule is CC(C)(C)c1ncc(C(=O)NC(C=CS(C)(=O)=O)COc2ccccc2)c(Oc2ccccc2)n1. The van der Waals surface area contributed by atoms with Gasteiger partial charge in [0.05, 0.1) is 6.04 Å². The second-order valence-electron chi connectivity index (χ2n) is 8.94. The number of nitrogens with one attached hydrogen (secondary N) is 1. The molecule has 35 heavy (non-hydrogen) atoms. The topological polar surface area (TPSA) is 107 Å². The minimum atomic E-state index is -3.41. The fourth-order valence-electron chi connectivity index (χ4n) is 2.89. The molecule has 0 fully saturated rings. The number of nitrogens with zero attached hydrogens (tertiary/aromatic N) is 2. The highest BCUT2D eigenvalue weighted by molar-refractivity contribution is 7.93. The van der Waals surface area contributed by atoms with Crippen LogP contribution in [0.4, 0.5) is 0 Å². The van der Waals surface area contributed by atoms with Crippen molar-refractivity contribution >= 4 is 15.7 Å². The minimum absolute atomic E-state index is 0.0115. The first-order valence-electron chi connectivity index (χ1n) is 11.0. The lowest BCUT2D eigenvalue weighted by atomic mass is 9.95. The van der Waals surface area contributed by atoms with Crippen molar-refractivity contribution < 1.29 is 22.7 Å². The fraction of sp³-hybridized carbons (Fsp3) is 0.269. The molecule has 0 saturated carbocycles. The first kappa shape index (κ1) is 25.9. The van der Waals surface area contributed by atoms with Gasteiger partial charge in [-0.1, -0.05) is 57.2 Å². The Hall–Kier alpha value is -3.72. The summed E-state index contributed by atoms with van der Waals surface area (Å²) < 4.78 is 35.0. The second-order valence-corrected chi connectivity index (χ2v) is 10.9. The predicted molar refractivity (Wildman–Crippen MR) is 134 cm³/mol. The van der Waals surface area contributed by atoms with Crippen molar-refractivity contribution in [3.8, 4) is 17.4 Å². The van der Waals surface area contributed by atoms with E-state index < -0.39 is 21.8 Å². The molecule has 0 spiro atoms. The number of amides is 1. The van der Waals surface area contributed by atoms with E-state index in [1.54, 1.807) is 24.3 Å². The molecule has 1 aromatic heterocycles. The molecule has 1 atom stereocenters. The van der Waals surface area contributed by atoms with E-state index in [2.05, 4.69) is 15.3 Å². The Kier molecular flexibility index (Phi) is 8.24.